The molecule has 0 aliphatic carbocycles. The highest BCUT2D eigenvalue weighted by Gasteiger charge is 2.32. The zero-order valence-electron chi connectivity index (χ0n) is 16.7. The second kappa shape index (κ2) is 8.49. The van der Waals surface area contributed by atoms with E-state index in [0.29, 0.717) is 6.54 Å². The molecule has 1 aliphatic rings. The van der Waals surface area contributed by atoms with Crippen LogP contribution in [0.25, 0.3) is 16.9 Å². The molecule has 1 aliphatic heterocycles. The minimum absolute atomic E-state index is 0.166. The van der Waals surface area contributed by atoms with Crippen LogP contribution < -0.4 is 4.74 Å². The highest BCUT2D eigenvalue weighted by molar-refractivity contribution is 5.76. The molecule has 0 unspecified atom stereocenters. The van der Waals surface area contributed by atoms with Crippen molar-refractivity contribution in [1.82, 2.24) is 14.7 Å². The van der Waals surface area contributed by atoms with E-state index >= 15 is 0 Å². The average Bonchev–Trinajstić information content (AvgIpc) is 3.41. The summed E-state index contributed by atoms with van der Waals surface area (Å²) in [5.74, 6) is 0.622. The molecule has 0 radical (unpaired) electrons. The molecule has 6 nitrogen and oxygen atoms in total. The van der Waals surface area contributed by atoms with E-state index in [4.69, 9.17) is 14.6 Å². The molecule has 1 saturated heterocycles. The normalized spacial score (nSPS) is 16.7. The molecular weight excluding hydrogens is 366 g/mol. The van der Waals surface area contributed by atoms with Crippen molar-refractivity contribution in [2.24, 2.45) is 0 Å². The smallest absolute Gasteiger partial charge is 0.323 e. The number of carbonyl (C=O) groups excluding carboxylic acids is 1. The van der Waals surface area contributed by atoms with Gasteiger partial charge in [-0.05, 0) is 43.7 Å². The van der Waals surface area contributed by atoms with Crippen molar-refractivity contribution in [2.45, 2.75) is 25.4 Å². The van der Waals surface area contributed by atoms with Crippen molar-refractivity contribution in [3.05, 3.63) is 66.4 Å². The first-order valence-corrected chi connectivity index (χ1v) is 9.80. The van der Waals surface area contributed by atoms with Crippen LogP contribution in [0.1, 0.15) is 18.4 Å². The molecule has 150 valence electrons. The van der Waals surface area contributed by atoms with Crippen LogP contribution >= 0.6 is 0 Å². The summed E-state index contributed by atoms with van der Waals surface area (Å²) in [6, 6.07) is 17.7. The lowest BCUT2D eigenvalue weighted by Gasteiger charge is -2.22. The molecule has 0 saturated carbocycles. The molecule has 0 spiro atoms. The van der Waals surface area contributed by atoms with Crippen LogP contribution in [0.15, 0.2) is 60.8 Å². The quantitative estimate of drug-likeness (QED) is 0.600. The summed E-state index contributed by atoms with van der Waals surface area (Å²) in [5.41, 5.74) is 3.94. The van der Waals surface area contributed by atoms with E-state index in [-0.39, 0.29) is 12.0 Å². The Morgan fingerprint density at radius 1 is 1.14 bits per heavy atom. The van der Waals surface area contributed by atoms with E-state index in [2.05, 4.69) is 11.1 Å². The van der Waals surface area contributed by atoms with Gasteiger partial charge in [-0.2, -0.15) is 5.10 Å². The Kier molecular flexibility index (Phi) is 5.62. The standard InChI is InChI=1S/C23H25N3O3/c1-28-20-11-6-8-17(14-20)22-18(15-25-13-7-12-21(25)23(27)29-2)16-26(24-22)19-9-4-3-5-10-19/h3-6,8-11,14,16,21H,7,12-13,15H2,1-2H3/t21-/m0/s1. The highest BCUT2D eigenvalue weighted by atomic mass is 16.5. The van der Waals surface area contributed by atoms with Gasteiger partial charge in [0.15, 0.2) is 0 Å². The van der Waals surface area contributed by atoms with Gasteiger partial charge < -0.3 is 9.47 Å². The fourth-order valence-corrected chi connectivity index (χ4v) is 3.89. The summed E-state index contributed by atoms with van der Waals surface area (Å²) in [5, 5.41) is 4.88. The molecule has 0 amide bonds. The maximum Gasteiger partial charge on any atom is 0.323 e. The van der Waals surface area contributed by atoms with Crippen LogP contribution in [0.2, 0.25) is 0 Å². The van der Waals surface area contributed by atoms with Crippen LogP contribution in [-0.4, -0.2) is 47.5 Å². The number of methoxy groups -OCH3 is 2. The van der Waals surface area contributed by atoms with Crippen LogP contribution in [0, 0.1) is 0 Å². The minimum atomic E-state index is -0.196. The molecule has 29 heavy (non-hydrogen) atoms. The number of esters is 1. The number of nitrogens with zero attached hydrogens (tertiary/aromatic N) is 3. The SMILES string of the molecule is COC(=O)[C@@H]1CCCN1Cc1cn(-c2ccccc2)nc1-c1cccc(OC)c1. The van der Waals surface area contributed by atoms with E-state index < -0.39 is 0 Å². The third-order valence-corrected chi connectivity index (χ3v) is 5.36. The second-order valence-corrected chi connectivity index (χ2v) is 7.17. The lowest BCUT2D eigenvalue weighted by atomic mass is 10.1. The Balaban J connectivity index is 1.73. The Labute approximate surface area is 170 Å². The number of hydrogen-bond donors (Lipinski definition) is 0. The van der Waals surface area contributed by atoms with Gasteiger partial charge in [0.1, 0.15) is 11.8 Å². The topological polar surface area (TPSA) is 56.6 Å². The molecular formula is C23H25N3O3. The third kappa shape index (κ3) is 4.03. The van der Waals surface area contributed by atoms with E-state index in [1.165, 1.54) is 7.11 Å². The molecule has 4 rings (SSSR count). The summed E-state index contributed by atoms with van der Waals surface area (Å²) < 4.78 is 12.3. The summed E-state index contributed by atoms with van der Waals surface area (Å²) in [6.45, 7) is 1.51. The van der Waals surface area contributed by atoms with Gasteiger partial charge in [-0.15, -0.1) is 0 Å². The third-order valence-electron chi connectivity index (χ3n) is 5.36. The fourth-order valence-electron chi connectivity index (χ4n) is 3.89. The highest BCUT2D eigenvalue weighted by Crippen LogP contribution is 2.30. The first kappa shape index (κ1) is 19.2. The number of likely N-dealkylation sites (tertiary alicyclic amines) is 1. The molecule has 1 aromatic heterocycles. The molecule has 3 aromatic rings. The summed E-state index contributed by atoms with van der Waals surface area (Å²) in [7, 11) is 3.11. The molecule has 0 N–H and O–H groups in total. The number of rotatable bonds is 6. The molecule has 1 fully saturated rings. The van der Waals surface area contributed by atoms with Crippen LogP contribution in [0.4, 0.5) is 0 Å². The van der Waals surface area contributed by atoms with Gasteiger partial charge in [0.25, 0.3) is 0 Å². The van der Waals surface area contributed by atoms with Crippen molar-refractivity contribution in [1.29, 1.82) is 0 Å². The molecule has 1 atom stereocenters. The minimum Gasteiger partial charge on any atom is -0.497 e. The Bertz CT molecular complexity index is 984. The predicted octanol–water partition coefficient (Wildman–Crippen LogP) is 3.69. The van der Waals surface area contributed by atoms with Crippen LogP contribution in [0.3, 0.4) is 0 Å². The van der Waals surface area contributed by atoms with Crippen molar-refractivity contribution >= 4 is 5.97 Å². The first-order chi connectivity index (χ1) is 14.2. The van der Waals surface area contributed by atoms with Crippen molar-refractivity contribution < 1.29 is 14.3 Å². The number of para-hydroxylation sites is 1. The zero-order valence-corrected chi connectivity index (χ0v) is 16.7. The zero-order chi connectivity index (χ0) is 20.2. The maximum atomic E-state index is 12.2. The second-order valence-electron chi connectivity index (χ2n) is 7.17. The Hall–Kier alpha value is -3.12. The molecule has 6 heteroatoms. The van der Waals surface area contributed by atoms with Gasteiger partial charge in [-0.3, -0.25) is 9.69 Å². The lowest BCUT2D eigenvalue weighted by molar-refractivity contribution is -0.146. The van der Waals surface area contributed by atoms with Gasteiger partial charge in [-0.25, -0.2) is 4.68 Å². The van der Waals surface area contributed by atoms with Crippen molar-refractivity contribution in [3.8, 4) is 22.7 Å². The molecule has 2 heterocycles. The molecule has 2 aromatic carbocycles. The number of aromatic nitrogens is 2. The van der Waals surface area contributed by atoms with Gasteiger partial charge in [0, 0.05) is 23.9 Å². The summed E-state index contributed by atoms with van der Waals surface area (Å²) in [6.07, 6.45) is 3.87. The largest absolute Gasteiger partial charge is 0.497 e. The van der Waals surface area contributed by atoms with E-state index in [1.807, 2.05) is 59.3 Å². The van der Waals surface area contributed by atoms with Gasteiger partial charge in [-0.1, -0.05) is 30.3 Å². The number of carbonyl (C=O) groups is 1. The van der Waals surface area contributed by atoms with Gasteiger partial charge in [0.05, 0.1) is 25.6 Å². The number of benzene rings is 2. The first-order valence-electron chi connectivity index (χ1n) is 9.80. The molecule has 0 bridgehead atoms. The van der Waals surface area contributed by atoms with E-state index in [1.54, 1.807) is 7.11 Å². The van der Waals surface area contributed by atoms with E-state index in [9.17, 15) is 4.79 Å². The van der Waals surface area contributed by atoms with Gasteiger partial charge >= 0.3 is 5.97 Å². The van der Waals surface area contributed by atoms with Gasteiger partial charge in [0.2, 0.25) is 0 Å². The van der Waals surface area contributed by atoms with Crippen LogP contribution in [0.5, 0.6) is 5.75 Å². The average molecular weight is 391 g/mol. The Morgan fingerprint density at radius 2 is 1.97 bits per heavy atom. The summed E-state index contributed by atoms with van der Waals surface area (Å²) in [4.78, 5) is 14.4. The van der Waals surface area contributed by atoms with Crippen LogP contribution in [-0.2, 0) is 16.1 Å². The van der Waals surface area contributed by atoms with E-state index in [0.717, 1.165) is 47.6 Å². The number of ether oxygens (including phenoxy) is 2. The summed E-state index contributed by atoms with van der Waals surface area (Å²) >= 11 is 0. The lowest BCUT2D eigenvalue weighted by Crippen LogP contribution is -2.36. The fraction of sp³-hybridized carbons (Fsp3) is 0.304. The van der Waals surface area contributed by atoms with Crippen molar-refractivity contribution in [3.63, 3.8) is 0 Å². The Morgan fingerprint density at radius 3 is 2.72 bits per heavy atom. The predicted molar refractivity (Wildman–Crippen MR) is 111 cm³/mol. The van der Waals surface area contributed by atoms with Crippen molar-refractivity contribution in [2.75, 3.05) is 20.8 Å². The monoisotopic (exact) mass is 391 g/mol. The maximum absolute atomic E-state index is 12.2. The number of hydrogen-bond acceptors (Lipinski definition) is 5.